The van der Waals surface area contributed by atoms with Crippen molar-refractivity contribution in [3.8, 4) is 5.75 Å². The van der Waals surface area contributed by atoms with Gasteiger partial charge in [0.15, 0.2) is 17.2 Å². The number of hydrogen-bond donors (Lipinski definition) is 0. The summed E-state index contributed by atoms with van der Waals surface area (Å²) in [5.41, 5.74) is 1.80. The van der Waals surface area contributed by atoms with Crippen LogP contribution in [0.5, 0.6) is 5.75 Å². The number of aryl methyl sites for hydroxylation is 2. The van der Waals surface area contributed by atoms with E-state index in [0.717, 1.165) is 47.9 Å². The summed E-state index contributed by atoms with van der Waals surface area (Å²) in [6, 6.07) is 5.48. The van der Waals surface area contributed by atoms with Gasteiger partial charge < -0.3 is 9.64 Å². The summed E-state index contributed by atoms with van der Waals surface area (Å²) in [6.07, 6.45) is 1.83. The average Bonchev–Trinajstić information content (AvgIpc) is 3.04. The van der Waals surface area contributed by atoms with Crippen molar-refractivity contribution < 1.29 is 9.13 Å². The maximum absolute atomic E-state index is 14.0. The predicted octanol–water partition coefficient (Wildman–Crippen LogP) is 2.53. The Morgan fingerprint density at radius 3 is 2.79 bits per heavy atom. The number of hydrogen-bond acceptors (Lipinski definition) is 6. The Kier molecular flexibility index (Phi) is 4.89. The van der Waals surface area contributed by atoms with E-state index in [2.05, 4.69) is 26.8 Å². The van der Waals surface area contributed by atoms with Crippen molar-refractivity contribution >= 4 is 16.9 Å². The molecule has 0 radical (unpaired) electrons. The molecular weight excluding hydrogens is 359 g/mol. The number of anilines is 1. The fourth-order valence-electron chi connectivity index (χ4n) is 3.82. The molecule has 0 bridgehead atoms. The number of benzene rings is 1. The van der Waals surface area contributed by atoms with E-state index in [4.69, 9.17) is 9.72 Å². The number of methoxy groups -OCH3 is 1. The first-order chi connectivity index (χ1) is 13.5. The van der Waals surface area contributed by atoms with E-state index < -0.39 is 0 Å². The van der Waals surface area contributed by atoms with Gasteiger partial charge in [-0.15, -0.1) is 0 Å². The normalized spacial score (nSPS) is 18.0. The van der Waals surface area contributed by atoms with Gasteiger partial charge in [-0.1, -0.05) is 6.07 Å². The quantitative estimate of drug-likeness (QED) is 0.689. The molecule has 1 saturated heterocycles. The summed E-state index contributed by atoms with van der Waals surface area (Å²) in [6.45, 7) is 7.39. The lowest BCUT2D eigenvalue weighted by atomic mass is 10.1. The lowest BCUT2D eigenvalue weighted by molar-refractivity contribution is 0.180. The van der Waals surface area contributed by atoms with Gasteiger partial charge in [0.2, 0.25) is 0 Å². The molecule has 1 atom stereocenters. The van der Waals surface area contributed by atoms with Crippen LogP contribution in [0.2, 0.25) is 0 Å². The highest BCUT2D eigenvalue weighted by Crippen LogP contribution is 2.26. The second-order valence-electron chi connectivity index (χ2n) is 7.33. The third-order valence-electron chi connectivity index (χ3n) is 5.35. The maximum atomic E-state index is 14.0. The maximum Gasteiger partial charge on any atom is 0.165 e. The van der Waals surface area contributed by atoms with Crippen LogP contribution in [-0.4, -0.2) is 57.4 Å². The highest BCUT2D eigenvalue weighted by molar-refractivity contribution is 5.87. The molecule has 4 rings (SSSR count). The minimum atomic E-state index is -0.318. The number of fused-ring (bicyclic) bond motifs is 1. The largest absolute Gasteiger partial charge is 0.494 e. The van der Waals surface area contributed by atoms with Gasteiger partial charge in [-0.2, -0.15) is 5.10 Å². The van der Waals surface area contributed by atoms with Gasteiger partial charge in [0.25, 0.3) is 0 Å². The highest BCUT2D eigenvalue weighted by Gasteiger charge is 2.26. The molecule has 1 aliphatic rings. The van der Waals surface area contributed by atoms with Gasteiger partial charge in [-0.3, -0.25) is 9.58 Å². The number of rotatable bonds is 4. The van der Waals surface area contributed by atoms with E-state index in [1.54, 1.807) is 16.8 Å². The number of halogens is 1. The van der Waals surface area contributed by atoms with Crippen LogP contribution < -0.4 is 9.64 Å². The van der Waals surface area contributed by atoms with Crippen molar-refractivity contribution in [3.05, 3.63) is 41.6 Å². The summed E-state index contributed by atoms with van der Waals surface area (Å²) in [4.78, 5) is 13.9. The summed E-state index contributed by atoms with van der Waals surface area (Å²) in [7, 11) is 3.38. The summed E-state index contributed by atoms with van der Waals surface area (Å²) >= 11 is 0. The fourth-order valence-corrected chi connectivity index (χ4v) is 3.82. The summed E-state index contributed by atoms with van der Waals surface area (Å²) in [5, 5.41) is 5.31. The lowest BCUT2D eigenvalue weighted by Crippen LogP contribution is -2.51. The number of nitrogens with zero attached hydrogens (tertiary/aromatic N) is 6. The molecule has 0 saturated carbocycles. The molecule has 0 amide bonds. The van der Waals surface area contributed by atoms with E-state index in [-0.39, 0.29) is 11.6 Å². The van der Waals surface area contributed by atoms with E-state index in [9.17, 15) is 4.39 Å². The minimum Gasteiger partial charge on any atom is -0.494 e. The molecule has 3 aromatic rings. The Labute approximate surface area is 163 Å². The summed E-state index contributed by atoms with van der Waals surface area (Å²) in [5.74, 6) is 1.65. The van der Waals surface area contributed by atoms with Crippen molar-refractivity contribution in [1.29, 1.82) is 0 Å². The monoisotopic (exact) mass is 384 g/mol. The van der Waals surface area contributed by atoms with Gasteiger partial charge in [0.05, 0.1) is 18.7 Å². The van der Waals surface area contributed by atoms with Crippen molar-refractivity contribution in [2.75, 3.05) is 31.6 Å². The van der Waals surface area contributed by atoms with Crippen molar-refractivity contribution in [2.45, 2.75) is 26.4 Å². The minimum absolute atomic E-state index is 0.279. The van der Waals surface area contributed by atoms with Gasteiger partial charge in [-0.25, -0.2) is 14.4 Å². The molecule has 1 aliphatic heterocycles. The predicted molar refractivity (Wildman–Crippen MR) is 106 cm³/mol. The molecule has 1 aromatic carbocycles. The molecule has 28 heavy (non-hydrogen) atoms. The van der Waals surface area contributed by atoms with E-state index in [1.165, 1.54) is 7.11 Å². The third-order valence-corrected chi connectivity index (χ3v) is 5.35. The Balaban J connectivity index is 1.51. The molecule has 1 unspecified atom stereocenters. The average molecular weight is 384 g/mol. The summed E-state index contributed by atoms with van der Waals surface area (Å²) < 4.78 is 20.8. The molecular formula is C20H25FN6O. The van der Waals surface area contributed by atoms with E-state index >= 15 is 0 Å². The highest BCUT2D eigenvalue weighted by atomic mass is 19.1. The lowest BCUT2D eigenvalue weighted by Gasteiger charge is -2.40. The van der Waals surface area contributed by atoms with Crippen molar-refractivity contribution in [2.24, 2.45) is 7.05 Å². The van der Waals surface area contributed by atoms with Crippen LogP contribution in [0, 0.1) is 12.7 Å². The van der Waals surface area contributed by atoms with Gasteiger partial charge in [-0.05, 0) is 31.5 Å². The number of aromatic nitrogens is 4. The molecule has 0 N–H and O–H groups in total. The zero-order chi connectivity index (χ0) is 19.8. The van der Waals surface area contributed by atoms with Crippen molar-refractivity contribution in [3.63, 3.8) is 0 Å². The van der Waals surface area contributed by atoms with Crippen LogP contribution in [0.1, 0.15) is 18.3 Å². The molecule has 1 fully saturated rings. The third kappa shape index (κ3) is 3.40. The Morgan fingerprint density at radius 2 is 2.07 bits per heavy atom. The van der Waals surface area contributed by atoms with Gasteiger partial charge in [0.1, 0.15) is 11.6 Å². The topological polar surface area (TPSA) is 59.3 Å². The van der Waals surface area contributed by atoms with Crippen LogP contribution in [0.15, 0.2) is 24.4 Å². The van der Waals surface area contributed by atoms with Crippen LogP contribution in [0.25, 0.3) is 11.0 Å². The first-order valence-electron chi connectivity index (χ1n) is 9.44. The zero-order valence-electron chi connectivity index (χ0n) is 16.7. The van der Waals surface area contributed by atoms with Crippen LogP contribution in [0.3, 0.4) is 0 Å². The molecule has 148 valence electrons. The second kappa shape index (κ2) is 7.35. The molecule has 7 nitrogen and oxygen atoms in total. The van der Waals surface area contributed by atoms with Crippen LogP contribution >= 0.6 is 0 Å². The zero-order valence-corrected chi connectivity index (χ0v) is 16.7. The fraction of sp³-hybridized carbons (Fsp3) is 0.450. The number of piperazine rings is 1. The van der Waals surface area contributed by atoms with Crippen LogP contribution in [0.4, 0.5) is 10.2 Å². The standard InChI is InChI=1S/C20H25FN6O/c1-13-11-27(20-16-10-22-25(3)19(16)23-14(2)24-20)8-7-26(13)12-15-5-6-18(28-4)17(21)9-15/h5-6,9-10,13H,7-8,11-12H2,1-4H3. The first kappa shape index (κ1) is 18.6. The number of ether oxygens (including phenoxy) is 1. The smallest absolute Gasteiger partial charge is 0.165 e. The van der Waals surface area contributed by atoms with Crippen molar-refractivity contribution in [1.82, 2.24) is 24.6 Å². The van der Waals surface area contributed by atoms with Crippen LogP contribution in [-0.2, 0) is 13.6 Å². The Hall–Kier alpha value is -2.74. The van der Waals surface area contributed by atoms with E-state index in [1.807, 2.05) is 26.2 Å². The molecule has 8 heteroatoms. The molecule has 0 aliphatic carbocycles. The second-order valence-corrected chi connectivity index (χ2v) is 7.33. The Morgan fingerprint density at radius 1 is 1.25 bits per heavy atom. The molecule has 0 spiro atoms. The molecule has 3 heterocycles. The first-order valence-corrected chi connectivity index (χ1v) is 9.44. The molecule has 2 aromatic heterocycles. The van der Waals surface area contributed by atoms with E-state index in [0.29, 0.717) is 12.6 Å². The van der Waals surface area contributed by atoms with Gasteiger partial charge >= 0.3 is 0 Å². The van der Waals surface area contributed by atoms with Gasteiger partial charge in [0, 0.05) is 39.3 Å². The SMILES string of the molecule is COc1ccc(CN2CCN(c3nc(C)nc4c3cnn4C)CC2C)cc1F. The Bertz CT molecular complexity index is 1000.